The highest BCUT2D eigenvalue weighted by molar-refractivity contribution is 5.94. The minimum Gasteiger partial charge on any atom is -0.392 e. The quantitative estimate of drug-likeness (QED) is 0.741. The number of ether oxygens (including phenoxy) is 1. The Morgan fingerprint density at radius 2 is 2.26 bits per heavy atom. The Morgan fingerprint density at radius 1 is 1.47 bits per heavy atom. The zero-order chi connectivity index (χ0) is 13.8. The number of pyridine rings is 1. The van der Waals surface area contributed by atoms with E-state index >= 15 is 0 Å². The summed E-state index contributed by atoms with van der Waals surface area (Å²) in [5, 5.41) is 20.9. The van der Waals surface area contributed by atoms with Crippen molar-refractivity contribution < 1.29 is 19.7 Å². The van der Waals surface area contributed by atoms with E-state index in [2.05, 4.69) is 10.3 Å². The maximum absolute atomic E-state index is 11.9. The van der Waals surface area contributed by atoms with Crippen molar-refractivity contribution >= 4 is 11.6 Å². The molecule has 0 radical (unpaired) electrons. The van der Waals surface area contributed by atoms with Gasteiger partial charge < -0.3 is 20.3 Å². The third-order valence-corrected chi connectivity index (χ3v) is 3.17. The van der Waals surface area contributed by atoms with Crippen molar-refractivity contribution in [3.8, 4) is 0 Å². The second kappa shape index (κ2) is 6.10. The number of nitrogens with zero attached hydrogens (tertiary/aromatic N) is 1. The number of nitrogens with one attached hydrogen (secondary N) is 1. The fourth-order valence-electron chi connectivity index (χ4n) is 2.10. The van der Waals surface area contributed by atoms with Gasteiger partial charge in [-0.15, -0.1) is 0 Å². The van der Waals surface area contributed by atoms with Crippen LogP contribution < -0.4 is 5.32 Å². The summed E-state index contributed by atoms with van der Waals surface area (Å²) in [6.45, 7) is 1.46. The van der Waals surface area contributed by atoms with Crippen molar-refractivity contribution in [3.05, 3.63) is 23.5 Å². The monoisotopic (exact) mass is 266 g/mol. The molecule has 104 valence electrons. The zero-order valence-corrected chi connectivity index (χ0v) is 10.8. The lowest BCUT2D eigenvalue weighted by Gasteiger charge is -2.13. The molecule has 1 aliphatic rings. The smallest absolute Gasteiger partial charge is 0.253 e. The Morgan fingerprint density at radius 3 is 2.84 bits per heavy atom. The number of hydrogen-bond donors (Lipinski definition) is 3. The van der Waals surface area contributed by atoms with Gasteiger partial charge in [0.2, 0.25) is 0 Å². The van der Waals surface area contributed by atoms with Crippen molar-refractivity contribution in [2.75, 3.05) is 5.32 Å². The number of aliphatic hydroxyl groups excluding tert-OH is 2. The third-order valence-electron chi connectivity index (χ3n) is 3.17. The molecular weight excluding hydrogens is 248 g/mol. The van der Waals surface area contributed by atoms with Gasteiger partial charge in [-0.25, -0.2) is 0 Å². The van der Waals surface area contributed by atoms with Crippen molar-refractivity contribution in [2.24, 2.45) is 0 Å². The first-order valence-electron chi connectivity index (χ1n) is 6.30. The van der Waals surface area contributed by atoms with Crippen LogP contribution in [0.3, 0.4) is 0 Å². The van der Waals surface area contributed by atoms with E-state index in [0.29, 0.717) is 23.4 Å². The van der Waals surface area contributed by atoms with Crippen molar-refractivity contribution in [1.29, 1.82) is 0 Å². The molecule has 1 aliphatic heterocycles. The Bertz CT molecular complexity index is 464. The minimum atomic E-state index is -0.426. The molecule has 0 aliphatic carbocycles. The molecule has 2 rings (SSSR count). The summed E-state index contributed by atoms with van der Waals surface area (Å²) in [5.74, 6) is -0.202. The summed E-state index contributed by atoms with van der Waals surface area (Å²) in [4.78, 5) is 15.9. The average molecular weight is 266 g/mol. The molecule has 2 heterocycles. The number of amides is 1. The fourth-order valence-corrected chi connectivity index (χ4v) is 2.10. The first-order valence-corrected chi connectivity index (χ1v) is 6.30. The normalized spacial score (nSPS) is 22.5. The van der Waals surface area contributed by atoms with E-state index in [4.69, 9.17) is 14.9 Å². The molecule has 1 unspecified atom stereocenters. The topological polar surface area (TPSA) is 91.7 Å². The molecule has 0 saturated carbocycles. The van der Waals surface area contributed by atoms with Gasteiger partial charge >= 0.3 is 0 Å². The lowest BCUT2D eigenvalue weighted by molar-refractivity contribution is -0.126. The highest BCUT2D eigenvalue weighted by atomic mass is 16.5. The van der Waals surface area contributed by atoms with E-state index in [0.717, 1.165) is 6.42 Å². The number of anilines is 1. The van der Waals surface area contributed by atoms with Crippen LogP contribution >= 0.6 is 0 Å². The van der Waals surface area contributed by atoms with Gasteiger partial charge in [0.1, 0.15) is 6.10 Å². The average Bonchev–Trinajstić information content (AvgIpc) is 2.85. The van der Waals surface area contributed by atoms with E-state index in [1.54, 1.807) is 6.07 Å². The van der Waals surface area contributed by atoms with Gasteiger partial charge in [-0.05, 0) is 25.8 Å². The van der Waals surface area contributed by atoms with Crippen LogP contribution in [0.2, 0.25) is 0 Å². The van der Waals surface area contributed by atoms with Crippen LogP contribution in [-0.2, 0) is 22.7 Å². The summed E-state index contributed by atoms with van der Waals surface area (Å²) in [6, 6.07) is 1.61. The van der Waals surface area contributed by atoms with Gasteiger partial charge in [0.15, 0.2) is 0 Å². The first kappa shape index (κ1) is 13.9. The fraction of sp³-hybridized carbons (Fsp3) is 0.538. The number of rotatable bonds is 4. The van der Waals surface area contributed by atoms with Gasteiger partial charge in [-0.2, -0.15) is 0 Å². The highest BCUT2D eigenvalue weighted by Crippen LogP contribution is 2.21. The van der Waals surface area contributed by atoms with Crippen molar-refractivity contribution in [2.45, 2.75) is 45.2 Å². The Labute approximate surface area is 111 Å². The Balaban J connectivity index is 2.04. The molecule has 1 aromatic rings. The molecule has 2 atom stereocenters. The summed E-state index contributed by atoms with van der Waals surface area (Å²) in [6.07, 6.45) is 2.73. The van der Waals surface area contributed by atoms with Gasteiger partial charge in [-0.3, -0.25) is 9.78 Å². The van der Waals surface area contributed by atoms with E-state index in [1.807, 2.05) is 6.92 Å². The Kier molecular flexibility index (Phi) is 4.47. The van der Waals surface area contributed by atoms with Crippen LogP contribution in [0.15, 0.2) is 12.3 Å². The number of hydrogen-bond acceptors (Lipinski definition) is 5. The van der Waals surface area contributed by atoms with Crippen LogP contribution in [0.1, 0.15) is 31.0 Å². The highest BCUT2D eigenvalue weighted by Gasteiger charge is 2.28. The SMILES string of the molecule is CC1CC[C@H](C(=O)Nc2cnc(CO)c(CO)c2)O1. The molecule has 1 fully saturated rings. The molecule has 6 heteroatoms. The summed E-state index contributed by atoms with van der Waals surface area (Å²) in [5.41, 5.74) is 1.40. The van der Waals surface area contributed by atoms with Gasteiger partial charge in [0.05, 0.1) is 36.9 Å². The zero-order valence-electron chi connectivity index (χ0n) is 10.8. The van der Waals surface area contributed by atoms with Crippen LogP contribution in [0.5, 0.6) is 0 Å². The predicted octanol–water partition coefficient (Wildman–Crippen LogP) is 0.572. The second-order valence-corrected chi connectivity index (χ2v) is 4.65. The molecule has 0 aromatic carbocycles. The molecule has 1 amide bonds. The molecule has 0 spiro atoms. The maximum atomic E-state index is 11.9. The largest absolute Gasteiger partial charge is 0.392 e. The number of carbonyl (C=O) groups is 1. The van der Waals surface area contributed by atoms with Crippen LogP contribution in [0, 0.1) is 0 Å². The number of carbonyl (C=O) groups excluding carboxylic acids is 1. The molecule has 6 nitrogen and oxygen atoms in total. The molecule has 0 bridgehead atoms. The van der Waals surface area contributed by atoms with E-state index in [1.165, 1.54) is 6.20 Å². The van der Waals surface area contributed by atoms with Crippen molar-refractivity contribution in [3.63, 3.8) is 0 Å². The second-order valence-electron chi connectivity index (χ2n) is 4.65. The predicted molar refractivity (Wildman–Crippen MR) is 68.3 cm³/mol. The molecular formula is C13H18N2O4. The number of aromatic nitrogens is 1. The number of aliphatic hydroxyl groups is 2. The van der Waals surface area contributed by atoms with E-state index < -0.39 is 6.10 Å². The van der Waals surface area contributed by atoms with Crippen LogP contribution in [0.4, 0.5) is 5.69 Å². The van der Waals surface area contributed by atoms with Gasteiger partial charge in [-0.1, -0.05) is 0 Å². The lowest BCUT2D eigenvalue weighted by Crippen LogP contribution is -2.27. The Hall–Kier alpha value is -1.50. The minimum absolute atomic E-state index is 0.110. The molecule has 19 heavy (non-hydrogen) atoms. The van der Waals surface area contributed by atoms with E-state index in [-0.39, 0.29) is 25.2 Å². The standard InChI is InChI=1S/C13H18N2O4/c1-8-2-3-12(19-8)13(18)15-10-4-9(6-16)11(7-17)14-5-10/h4-5,8,12,16-17H,2-3,6-7H2,1H3,(H,15,18)/t8?,12-/m1/s1. The summed E-state index contributed by atoms with van der Waals surface area (Å²) in [7, 11) is 0. The molecule has 3 N–H and O–H groups in total. The summed E-state index contributed by atoms with van der Waals surface area (Å²) < 4.78 is 5.47. The first-order chi connectivity index (χ1) is 9.13. The van der Waals surface area contributed by atoms with Crippen molar-refractivity contribution in [1.82, 2.24) is 4.98 Å². The van der Waals surface area contributed by atoms with Crippen LogP contribution in [0.25, 0.3) is 0 Å². The summed E-state index contributed by atoms with van der Waals surface area (Å²) >= 11 is 0. The molecule has 1 saturated heterocycles. The van der Waals surface area contributed by atoms with Gasteiger partial charge in [0, 0.05) is 5.56 Å². The molecule has 1 aromatic heterocycles. The maximum Gasteiger partial charge on any atom is 0.253 e. The lowest BCUT2D eigenvalue weighted by atomic mass is 10.1. The van der Waals surface area contributed by atoms with Gasteiger partial charge in [0.25, 0.3) is 5.91 Å². The van der Waals surface area contributed by atoms with E-state index in [9.17, 15) is 4.79 Å². The third kappa shape index (κ3) is 3.28. The van der Waals surface area contributed by atoms with Crippen LogP contribution in [-0.4, -0.2) is 33.3 Å².